The van der Waals surface area contributed by atoms with E-state index < -0.39 is 19.0 Å². The molecule has 0 radical (unpaired) electrons. The number of nitrogens with zero attached hydrogens (tertiary/aromatic N) is 1. The number of hydrogen-bond donors (Lipinski definition) is 0. The maximum atomic E-state index is 12.6. The van der Waals surface area contributed by atoms with Gasteiger partial charge in [-0.2, -0.15) is 0 Å². The number of esters is 1. The Labute approximate surface area is 195 Å². The van der Waals surface area contributed by atoms with Crippen LogP contribution in [0.5, 0.6) is 0 Å². The molecule has 0 fully saturated rings. The highest BCUT2D eigenvalue weighted by Gasteiger charge is 2.12. The predicted molar refractivity (Wildman–Crippen MR) is 127 cm³/mol. The van der Waals surface area contributed by atoms with Crippen LogP contribution in [0, 0.1) is 27.7 Å². The highest BCUT2D eigenvalue weighted by molar-refractivity contribution is 5.89. The second-order valence-electron chi connectivity index (χ2n) is 8.26. The zero-order valence-corrected chi connectivity index (χ0v) is 19.2. The maximum Gasteiger partial charge on any atom is 0.338 e. The molecule has 0 aliphatic rings. The minimum absolute atomic E-state index is 0.148. The van der Waals surface area contributed by atoms with Crippen LogP contribution in [0.3, 0.4) is 0 Å². The van der Waals surface area contributed by atoms with Crippen LogP contribution >= 0.6 is 0 Å². The Balaban J connectivity index is 1.77. The van der Waals surface area contributed by atoms with E-state index in [2.05, 4.69) is 6.07 Å². The number of benzene rings is 3. The van der Waals surface area contributed by atoms with Gasteiger partial charge in [0.2, 0.25) is 5.91 Å². The van der Waals surface area contributed by atoms with E-state index in [0.717, 1.165) is 27.8 Å². The lowest BCUT2D eigenvalue weighted by molar-refractivity contribution is -0.130. The third kappa shape index (κ3) is 6.55. The number of ether oxygens (including phenoxy) is 1. The van der Waals surface area contributed by atoms with Crippen LogP contribution in [0.15, 0.2) is 60.7 Å². The summed E-state index contributed by atoms with van der Waals surface area (Å²) in [7, 11) is 0. The van der Waals surface area contributed by atoms with Gasteiger partial charge in [-0.25, -0.2) is 4.79 Å². The largest absolute Gasteiger partial charge is 0.457 e. The van der Waals surface area contributed by atoms with E-state index in [9.17, 15) is 9.59 Å². The van der Waals surface area contributed by atoms with E-state index in [1.165, 1.54) is 24.0 Å². The molecular formula is C28H31NO3. The first-order valence-corrected chi connectivity index (χ1v) is 10.5. The highest BCUT2D eigenvalue weighted by atomic mass is 16.5. The monoisotopic (exact) mass is 432 g/mol. The van der Waals surface area contributed by atoms with Crippen molar-refractivity contribution in [3.63, 3.8) is 0 Å². The SMILES string of the molecule is [2H]C(c1ccc(C([2H])([2H])OC(=O)c2cc(C)cc(C)c2)cc1)N(Cc1cc(C)cc(C)c1)C(C)=O. The number of rotatable bonds is 7. The van der Waals surface area contributed by atoms with Gasteiger partial charge in [-0.3, -0.25) is 4.79 Å². The summed E-state index contributed by atoms with van der Waals surface area (Å²) in [5.74, 6) is -0.980. The Morgan fingerprint density at radius 1 is 0.781 bits per heavy atom. The lowest BCUT2D eigenvalue weighted by atomic mass is 10.1. The van der Waals surface area contributed by atoms with Crippen LogP contribution in [0.2, 0.25) is 0 Å². The first-order valence-electron chi connectivity index (χ1n) is 12.1. The van der Waals surface area contributed by atoms with Crippen molar-refractivity contribution in [1.82, 2.24) is 4.90 Å². The normalized spacial score (nSPS) is 13.5. The van der Waals surface area contributed by atoms with Crippen LogP contribution in [0.25, 0.3) is 0 Å². The molecule has 166 valence electrons. The van der Waals surface area contributed by atoms with Gasteiger partial charge < -0.3 is 9.64 Å². The van der Waals surface area contributed by atoms with Crippen LogP contribution in [0.4, 0.5) is 0 Å². The number of carbonyl (C=O) groups is 2. The van der Waals surface area contributed by atoms with Gasteiger partial charge in [0, 0.05) is 20.0 Å². The number of carbonyl (C=O) groups excluding carboxylic acids is 2. The van der Waals surface area contributed by atoms with Gasteiger partial charge in [-0.05, 0) is 56.5 Å². The van der Waals surface area contributed by atoms with Crippen molar-refractivity contribution in [2.75, 3.05) is 0 Å². The molecule has 4 heteroatoms. The second-order valence-corrected chi connectivity index (χ2v) is 8.26. The van der Waals surface area contributed by atoms with Crippen LogP contribution in [-0.2, 0) is 29.2 Å². The van der Waals surface area contributed by atoms with Crippen molar-refractivity contribution in [2.24, 2.45) is 0 Å². The molecule has 0 N–H and O–H groups in total. The van der Waals surface area contributed by atoms with E-state index in [0.29, 0.717) is 12.1 Å². The van der Waals surface area contributed by atoms with Crippen LogP contribution in [0.1, 0.15) is 60.3 Å². The van der Waals surface area contributed by atoms with Crippen LogP contribution < -0.4 is 0 Å². The van der Waals surface area contributed by atoms with Crippen molar-refractivity contribution in [2.45, 2.75) is 54.2 Å². The molecule has 0 aromatic heterocycles. The molecule has 0 spiro atoms. The average molecular weight is 433 g/mol. The summed E-state index contributed by atoms with van der Waals surface area (Å²) in [6, 6.07) is 17.4. The molecule has 32 heavy (non-hydrogen) atoms. The van der Waals surface area contributed by atoms with Gasteiger partial charge in [0.25, 0.3) is 0 Å². The lowest BCUT2D eigenvalue weighted by Crippen LogP contribution is -2.27. The van der Waals surface area contributed by atoms with Crippen LogP contribution in [-0.4, -0.2) is 16.8 Å². The molecule has 1 atom stereocenters. The molecule has 3 rings (SSSR count). The first-order chi connectivity index (χ1) is 16.4. The van der Waals surface area contributed by atoms with E-state index in [1.54, 1.807) is 24.3 Å². The fraction of sp³-hybridized carbons (Fsp3) is 0.286. The van der Waals surface area contributed by atoms with Gasteiger partial charge in [0.15, 0.2) is 0 Å². The molecule has 3 aromatic carbocycles. The molecule has 0 saturated heterocycles. The molecule has 3 aromatic rings. The van der Waals surface area contributed by atoms with Crippen molar-refractivity contribution in [3.05, 3.63) is 105 Å². The Bertz CT molecular complexity index is 1200. The zero-order valence-electron chi connectivity index (χ0n) is 22.2. The summed E-state index contributed by atoms with van der Waals surface area (Å²) in [6.07, 6.45) is 0. The number of hydrogen-bond acceptors (Lipinski definition) is 3. The summed E-state index contributed by atoms with van der Waals surface area (Å²) < 4.78 is 30.4. The first kappa shape index (κ1) is 19.3. The molecule has 1 unspecified atom stereocenters. The van der Waals surface area contributed by atoms with Crippen molar-refractivity contribution in [1.29, 1.82) is 0 Å². The lowest BCUT2D eigenvalue weighted by Gasteiger charge is -2.22. The summed E-state index contributed by atoms with van der Waals surface area (Å²) in [4.78, 5) is 26.4. The Morgan fingerprint density at radius 3 is 1.81 bits per heavy atom. The smallest absolute Gasteiger partial charge is 0.338 e. The van der Waals surface area contributed by atoms with E-state index in [4.69, 9.17) is 8.85 Å². The second kappa shape index (κ2) is 10.3. The van der Waals surface area contributed by atoms with Crippen molar-refractivity contribution in [3.8, 4) is 0 Å². The Hall–Kier alpha value is -3.40. The van der Waals surface area contributed by atoms with Crippen molar-refractivity contribution < 1.29 is 18.4 Å². The summed E-state index contributed by atoms with van der Waals surface area (Å²) in [5, 5.41) is 0. The van der Waals surface area contributed by atoms with Crippen molar-refractivity contribution >= 4 is 11.9 Å². The average Bonchev–Trinajstić information content (AvgIpc) is 2.75. The fourth-order valence-corrected chi connectivity index (χ4v) is 3.68. The molecule has 4 nitrogen and oxygen atoms in total. The third-order valence-electron chi connectivity index (χ3n) is 4.97. The summed E-state index contributed by atoms with van der Waals surface area (Å²) in [6.45, 7) is 6.11. The standard InChI is InChI=1S/C28H31NO3/c1-19-10-20(2)13-26(12-19)17-29(23(5)30)16-24-6-8-25(9-7-24)18-32-28(31)27-14-21(3)11-22(4)15-27/h6-15H,16-18H2,1-5H3/i16D,18D2. The maximum absolute atomic E-state index is 12.6. The topological polar surface area (TPSA) is 46.6 Å². The Kier molecular flexibility index (Phi) is 6.20. The summed E-state index contributed by atoms with van der Waals surface area (Å²) in [5.41, 5.74) is 5.87. The molecule has 0 aliphatic heterocycles. The molecule has 1 amide bonds. The van der Waals surface area contributed by atoms with E-state index in [1.807, 2.05) is 45.9 Å². The molecule has 0 heterocycles. The minimum atomic E-state index is -2.36. The van der Waals surface area contributed by atoms with E-state index in [-0.39, 0.29) is 17.0 Å². The highest BCUT2D eigenvalue weighted by Crippen LogP contribution is 2.16. The molecule has 0 bridgehead atoms. The quantitative estimate of drug-likeness (QED) is 0.442. The predicted octanol–water partition coefficient (Wildman–Crippen LogP) is 5.83. The van der Waals surface area contributed by atoms with Gasteiger partial charge in [-0.15, -0.1) is 0 Å². The number of aryl methyl sites for hydroxylation is 4. The third-order valence-corrected chi connectivity index (χ3v) is 4.97. The van der Waals surface area contributed by atoms with Gasteiger partial charge in [0.1, 0.15) is 6.56 Å². The molecule has 0 aliphatic carbocycles. The zero-order chi connectivity index (χ0) is 25.9. The fourth-order valence-electron chi connectivity index (χ4n) is 3.68. The Morgan fingerprint density at radius 2 is 1.28 bits per heavy atom. The number of amides is 1. The van der Waals surface area contributed by atoms with E-state index >= 15 is 0 Å². The van der Waals surface area contributed by atoms with Gasteiger partial charge in [0.05, 0.1) is 9.68 Å². The minimum Gasteiger partial charge on any atom is -0.457 e. The van der Waals surface area contributed by atoms with Gasteiger partial charge in [-0.1, -0.05) is 70.8 Å². The molecule has 0 saturated carbocycles. The summed E-state index contributed by atoms with van der Waals surface area (Å²) >= 11 is 0. The van der Waals surface area contributed by atoms with Gasteiger partial charge >= 0.3 is 5.97 Å². The molecular weight excluding hydrogens is 398 g/mol.